The number of rotatable bonds is 4. The standard InChI is InChI=1S/C18H28S/c1-15-10-6-7-11-16(15)19-14-17(2,3)18(4)12-8-5-9-13-18/h6-7,10-11H,5,8-9,12-14H2,1-4H3. The van der Waals surface area contributed by atoms with Gasteiger partial charge in [-0.15, -0.1) is 11.8 Å². The fourth-order valence-corrected chi connectivity index (χ4v) is 4.49. The van der Waals surface area contributed by atoms with Gasteiger partial charge < -0.3 is 0 Å². The van der Waals surface area contributed by atoms with Crippen LogP contribution < -0.4 is 0 Å². The molecule has 0 saturated heterocycles. The molecule has 0 amide bonds. The topological polar surface area (TPSA) is 0 Å². The Balaban J connectivity index is 2.03. The summed E-state index contributed by atoms with van der Waals surface area (Å²) < 4.78 is 0. The summed E-state index contributed by atoms with van der Waals surface area (Å²) in [6.45, 7) is 9.69. The molecule has 0 atom stereocenters. The Kier molecular flexibility index (Phi) is 4.66. The van der Waals surface area contributed by atoms with Crippen molar-refractivity contribution in [3.8, 4) is 0 Å². The predicted octanol–water partition coefficient (Wildman–Crippen LogP) is 6.08. The van der Waals surface area contributed by atoms with Gasteiger partial charge in [0.25, 0.3) is 0 Å². The van der Waals surface area contributed by atoms with Crippen molar-refractivity contribution in [3.05, 3.63) is 29.8 Å². The van der Waals surface area contributed by atoms with E-state index < -0.39 is 0 Å². The van der Waals surface area contributed by atoms with Crippen molar-refractivity contribution in [1.29, 1.82) is 0 Å². The number of hydrogen-bond acceptors (Lipinski definition) is 1. The van der Waals surface area contributed by atoms with Crippen LogP contribution in [-0.4, -0.2) is 5.75 Å². The highest BCUT2D eigenvalue weighted by molar-refractivity contribution is 7.99. The largest absolute Gasteiger partial charge is 0.125 e. The minimum absolute atomic E-state index is 0.417. The first-order valence-corrected chi connectivity index (χ1v) is 8.62. The number of hydrogen-bond donors (Lipinski definition) is 0. The summed E-state index contributed by atoms with van der Waals surface area (Å²) in [6.07, 6.45) is 7.11. The number of aryl methyl sites for hydroxylation is 1. The van der Waals surface area contributed by atoms with E-state index in [-0.39, 0.29) is 0 Å². The molecule has 2 rings (SSSR count). The van der Waals surface area contributed by atoms with Crippen LogP contribution in [0.1, 0.15) is 58.4 Å². The van der Waals surface area contributed by atoms with Gasteiger partial charge in [-0.3, -0.25) is 0 Å². The first-order valence-electron chi connectivity index (χ1n) is 7.63. The molecule has 0 radical (unpaired) electrons. The highest BCUT2D eigenvalue weighted by Gasteiger charge is 2.41. The summed E-state index contributed by atoms with van der Waals surface area (Å²) >= 11 is 2.05. The quantitative estimate of drug-likeness (QED) is 0.600. The molecule has 1 fully saturated rings. The van der Waals surface area contributed by atoms with Gasteiger partial charge in [0, 0.05) is 10.6 Å². The minimum Gasteiger partial charge on any atom is -0.125 e. The third kappa shape index (κ3) is 3.37. The van der Waals surface area contributed by atoms with E-state index >= 15 is 0 Å². The molecule has 1 aliphatic rings. The predicted molar refractivity (Wildman–Crippen MR) is 86.9 cm³/mol. The van der Waals surface area contributed by atoms with E-state index in [0.717, 1.165) is 0 Å². The lowest BCUT2D eigenvalue weighted by molar-refractivity contribution is 0.0642. The average Bonchev–Trinajstić information content (AvgIpc) is 2.38. The van der Waals surface area contributed by atoms with Crippen LogP contribution in [0.3, 0.4) is 0 Å². The zero-order chi connectivity index (χ0) is 13.9. The van der Waals surface area contributed by atoms with E-state index in [2.05, 4.69) is 52.0 Å². The molecule has 1 aliphatic carbocycles. The van der Waals surface area contributed by atoms with Crippen LogP contribution >= 0.6 is 11.8 Å². The van der Waals surface area contributed by atoms with Crippen LogP contribution in [0.15, 0.2) is 29.2 Å². The highest BCUT2D eigenvalue weighted by atomic mass is 32.2. The molecule has 0 nitrogen and oxygen atoms in total. The van der Waals surface area contributed by atoms with Crippen molar-refractivity contribution in [2.24, 2.45) is 10.8 Å². The Labute approximate surface area is 123 Å². The normalized spacial score (nSPS) is 19.4. The number of benzene rings is 1. The van der Waals surface area contributed by atoms with Crippen LogP contribution in [-0.2, 0) is 0 Å². The van der Waals surface area contributed by atoms with Crippen LogP contribution in [0, 0.1) is 17.8 Å². The van der Waals surface area contributed by atoms with Crippen LogP contribution in [0.4, 0.5) is 0 Å². The van der Waals surface area contributed by atoms with Crippen molar-refractivity contribution in [3.63, 3.8) is 0 Å². The molecule has 19 heavy (non-hydrogen) atoms. The maximum Gasteiger partial charge on any atom is 0.0101 e. The lowest BCUT2D eigenvalue weighted by Crippen LogP contribution is -2.38. The molecular weight excluding hydrogens is 248 g/mol. The van der Waals surface area contributed by atoms with Crippen LogP contribution in [0.5, 0.6) is 0 Å². The van der Waals surface area contributed by atoms with E-state index in [9.17, 15) is 0 Å². The van der Waals surface area contributed by atoms with Crippen molar-refractivity contribution in [2.75, 3.05) is 5.75 Å². The van der Waals surface area contributed by atoms with Crippen LogP contribution in [0.25, 0.3) is 0 Å². The van der Waals surface area contributed by atoms with Crippen molar-refractivity contribution < 1.29 is 0 Å². The highest BCUT2D eigenvalue weighted by Crippen LogP contribution is 2.51. The molecule has 0 spiro atoms. The molecule has 0 heterocycles. The van der Waals surface area contributed by atoms with E-state index in [1.54, 1.807) is 0 Å². The Morgan fingerprint density at radius 3 is 2.37 bits per heavy atom. The fourth-order valence-electron chi connectivity index (χ4n) is 3.16. The molecule has 1 aromatic carbocycles. The van der Waals surface area contributed by atoms with Gasteiger partial charge in [0.1, 0.15) is 0 Å². The number of thioether (sulfide) groups is 1. The van der Waals surface area contributed by atoms with Gasteiger partial charge in [-0.2, -0.15) is 0 Å². The van der Waals surface area contributed by atoms with Gasteiger partial charge in [-0.1, -0.05) is 58.2 Å². The summed E-state index contributed by atoms with van der Waals surface area (Å²) in [4.78, 5) is 1.45. The first-order chi connectivity index (χ1) is 8.95. The maximum absolute atomic E-state index is 2.52. The summed E-state index contributed by atoms with van der Waals surface area (Å²) in [5.41, 5.74) is 2.36. The zero-order valence-corrected chi connectivity index (χ0v) is 13.8. The smallest absolute Gasteiger partial charge is 0.0101 e. The molecule has 1 aromatic rings. The van der Waals surface area contributed by atoms with Gasteiger partial charge in [0.05, 0.1) is 0 Å². The molecule has 0 aliphatic heterocycles. The molecule has 0 N–H and O–H groups in total. The zero-order valence-electron chi connectivity index (χ0n) is 13.0. The Morgan fingerprint density at radius 2 is 1.74 bits per heavy atom. The third-order valence-corrected chi connectivity index (χ3v) is 6.91. The van der Waals surface area contributed by atoms with E-state index in [1.807, 2.05) is 11.8 Å². The van der Waals surface area contributed by atoms with E-state index in [0.29, 0.717) is 10.8 Å². The maximum atomic E-state index is 2.52. The van der Waals surface area contributed by atoms with Gasteiger partial charge in [0.15, 0.2) is 0 Å². The van der Waals surface area contributed by atoms with Crippen molar-refractivity contribution in [2.45, 2.75) is 64.7 Å². The molecule has 0 unspecified atom stereocenters. The van der Waals surface area contributed by atoms with Gasteiger partial charge in [-0.05, 0) is 42.2 Å². The molecule has 106 valence electrons. The summed E-state index contributed by atoms with van der Waals surface area (Å²) in [7, 11) is 0. The average molecular weight is 276 g/mol. The summed E-state index contributed by atoms with van der Waals surface area (Å²) in [6, 6.07) is 8.77. The Hall–Kier alpha value is -0.430. The minimum atomic E-state index is 0.417. The first kappa shape index (κ1) is 15.0. The SMILES string of the molecule is Cc1ccccc1SCC(C)(C)C1(C)CCCCC1. The van der Waals surface area contributed by atoms with Gasteiger partial charge in [-0.25, -0.2) is 0 Å². The molecule has 1 heteroatoms. The lowest BCUT2D eigenvalue weighted by Gasteiger charge is -2.47. The lowest BCUT2D eigenvalue weighted by atomic mass is 9.60. The molecule has 0 aromatic heterocycles. The van der Waals surface area contributed by atoms with E-state index in [1.165, 1.54) is 48.3 Å². The monoisotopic (exact) mass is 276 g/mol. The third-order valence-electron chi connectivity index (χ3n) is 5.27. The van der Waals surface area contributed by atoms with E-state index in [4.69, 9.17) is 0 Å². The second-order valence-corrected chi connectivity index (χ2v) is 8.08. The second-order valence-electron chi connectivity index (χ2n) is 7.06. The summed E-state index contributed by atoms with van der Waals surface area (Å²) in [5, 5.41) is 0. The molecular formula is C18H28S. The molecule has 1 saturated carbocycles. The Bertz CT molecular complexity index is 413. The fraction of sp³-hybridized carbons (Fsp3) is 0.667. The van der Waals surface area contributed by atoms with Crippen molar-refractivity contribution >= 4 is 11.8 Å². The summed E-state index contributed by atoms with van der Waals surface area (Å²) in [5.74, 6) is 1.23. The van der Waals surface area contributed by atoms with Crippen molar-refractivity contribution in [1.82, 2.24) is 0 Å². The second kappa shape index (κ2) is 5.91. The Morgan fingerprint density at radius 1 is 1.11 bits per heavy atom. The van der Waals surface area contributed by atoms with Gasteiger partial charge >= 0.3 is 0 Å². The molecule has 0 bridgehead atoms. The van der Waals surface area contributed by atoms with Crippen LogP contribution in [0.2, 0.25) is 0 Å². The van der Waals surface area contributed by atoms with Gasteiger partial charge in [0.2, 0.25) is 0 Å².